The van der Waals surface area contributed by atoms with Crippen LogP contribution in [0.25, 0.3) is 22.1 Å². The topological polar surface area (TPSA) is 82.8 Å². The van der Waals surface area contributed by atoms with Gasteiger partial charge in [-0.1, -0.05) is 17.3 Å². The van der Waals surface area contributed by atoms with Crippen LogP contribution in [0, 0.1) is 6.92 Å². The van der Waals surface area contributed by atoms with E-state index in [-0.39, 0.29) is 6.61 Å². The van der Waals surface area contributed by atoms with E-state index in [1.54, 1.807) is 16.8 Å². The maximum absolute atomic E-state index is 12.4. The van der Waals surface area contributed by atoms with Crippen molar-refractivity contribution in [3.63, 3.8) is 0 Å². The number of hydrogen-bond donors (Lipinski definition) is 0. The third-order valence-electron chi connectivity index (χ3n) is 4.23. The molecule has 0 saturated carbocycles. The summed E-state index contributed by atoms with van der Waals surface area (Å²) in [5.74, 6) is -0.424. The van der Waals surface area contributed by atoms with Gasteiger partial charge in [-0.3, -0.25) is 0 Å². The molecule has 0 aliphatic heterocycles. The van der Waals surface area contributed by atoms with Gasteiger partial charge in [0.15, 0.2) is 0 Å². The summed E-state index contributed by atoms with van der Waals surface area (Å²) in [4.78, 5) is 21.4. The first kappa shape index (κ1) is 16.1. The predicted octanol–water partition coefficient (Wildman–Crippen LogP) is 3.06. The molecule has 7 heteroatoms. The van der Waals surface area contributed by atoms with Crippen LogP contribution >= 0.6 is 0 Å². The lowest BCUT2D eigenvalue weighted by molar-refractivity contribution is 0.0467. The number of carbonyl (C=O) groups is 1. The molecule has 0 aliphatic carbocycles. The Hall–Kier alpha value is -3.35. The average Bonchev–Trinajstić information content (AvgIpc) is 3.08. The molecule has 26 heavy (non-hydrogen) atoms. The van der Waals surface area contributed by atoms with Crippen molar-refractivity contribution in [2.75, 3.05) is 0 Å². The normalized spacial score (nSPS) is 11.2. The highest BCUT2D eigenvalue weighted by molar-refractivity contribution is 5.93. The zero-order valence-electron chi connectivity index (χ0n) is 14.5. The standard InChI is InChI=1S/C19H17N5O2/c1-3-24-18-9-8-13(10-16(18)22-23-24)19(25)26-11-17-12(2)20-14-6-4-5-7-15(14)21-17/h4-10H,3,11H2,1-2H3. The van der Waals surface area contributed by atoms with Crippen LogP contribution in [0.15, 0.2) is 42.5 Å². The van der Waals surface area contributed by atoms with Crippen molar-refractivity contribution in [2.24, 2.45) is 0 Å². The van der Waals surface area contributed by atoms with E-state index in [1.165, 1.54) is 0 Å². The van der Waals surface area contributed by atoms with Gasteiger partial charge in [-0.15, -0.1) is 5.10 Å². The summed E-state index contributed by atoms with van der Waals surface area (Å²) in [5.41, 5.74) is 4.99. The van der Waals surface area contributed by atoms with E-state index in [0.717, 1.165) is 28.8 Å². The van der Waals surface area contributed by atoms with E-state index >= 15 is 0 Å². The number of fused-ring (bicyclic) bond motifs is 2. The second-order valence-electron chi connectivity index (χ2n) is 5.93. The fourth-order valence-corrected chi connectivity index (χ4v) is 2.81. The highest BCUT2D eigenvalue weighted by Crippen LogP contribution is 2.16. The first-order valence-corrected chi connectivity index (χ1v) is 8.38. The van der Waals surface area contributed by atoms with Crippen molar-refractivity contribution in [2.45, 2.75) is 27.0 Å². The minimum Gasteiger partial charge on any atom is -0.456 e. The SMILES string of the molecule is CCn1nnc2cc(C(=O)OCc3nc4ccccc4nc3C)ccc21. The van der Waals surface area contributed by atoms with Crippen molar-refractivity contribution in [3.05, 3.63) is 59.4 Å². The molecule has 0 spiro atoms. The molecule has 7 nitrogen and oxygen atoms in total. The van der Waals surface area contributed by atoms with E-state index in [4.69, 9.17) is 4.74 Å². The maximum Gasteiger partial charge on any atom is 0.338 e. The number of esters is 1. The Morgan fingerprint density at radius 1 is 1.08 bits per heavy atom. The highest BCUT2D eigenvalue weighted by Gasteiger charge is 2.13. The number of aromatic nitrogens is 5. The minimum absolute atomic E-state index is 0.0716. The lowest BCUT2D eigenvalue weighted by Gasteiger charge is -2.08. The van der Waals surface area contributed by atoms with Crippen LogP contribution in [-0.2, 0) is 17.9 Å². The first-order chi connectivity index (χ1) is 12.7. The summed E-state index contributed by atoms with van der Waals surface area (Å²) in [7, 11) is 0. The van der Waals surface area contributed by atoms with Gasteiger partial charge in [-0.05, 0) is 44.2 Å². The van der Waals surface area contributed by atoms with Crippen molar-refractivity contribution in [3.8, 4) is 0 Å². The molecule has 0 N–H and O–H groups in total. The van der Waals surface area contributed by atoms with Crippen LogP contribution in [-0.4, -0.2) is 30.9 Å². The molecule has 130 valence electrons. The number of aryl methyl sites for hydroxylation is 2. The molecule has 0 fully saturated rings. The largest absolute Gasteiger partial charge is 0.456 e. The summed E-state index contributed by atoms with van der Waals surface area (Å²) in [6.45, 7) is 4.64. The summed E-state index contributed by atoms with van der Waals surface area (Å²) in [5, 5.41) is 8.13. The molecule has 0 atom stereocenters. The molecule has 0 unspecified atom stereocenters. The molecular formula is C19H17N5O2. The molecule has 0 saturated heterocycles. The monoisotopic (exact) mass is 347 g/mol. The van der Waals surface area contributed by atoms with Gasteiger partial charge in [0.05, 0.1) is 33.5 Å². The number of benzene rings is 2. The van der Waals surface area contributed by atoms with E-state index < -0.39 is 5.97 Å². The van der Waals surface area contributed by atoms with E-state index in [9.17, 15) is 4.79 Å². The van der Waals surface area contributed by atoms with Crippen molar-refractivity contribution < 1.29 is 9.53 Å². The summed E-state index contributed by atoms with van der Waals surface area (Å²) in [6, 6.07) is 12.9. The molecule has 2 heterocycles. The Labute approximate surface area is 149 Å². The molecule has 2 aromatic carbocycles. The zero-order chi connectivity index (χ0) is 18.1. The van der Waals surface area contributed by atoms with Crippen LogP contribution in [0.5, 0.6) is 0 Å². The van der Waals surface area contributed by atoms with Crippen molar-refractivity contribution in [1.82, 2.24) is 25.0 Å². The van der Waals surface area contributed by atoms with Crippen LogP contribution < -0.4 is 0 Å². The van der Waals surface area contributed by atoms with Gasteiger partial charge in [0.2, 0.25) is 0 Å². The van der Waals surface area contributed by atoms with Gasteiger partial charge >= 0.3 is 5.97 Å². The average molecular weight is 347 g/mol. The van der Waals surface area contributed by atoms with Gasteiger partial charge in [0.1, 0.15) is 12.1 Å². The number of para-hydroxylation sites is 2. The Morgan fingerprint density at radius 2 is 1.85 bits per heavy atom. The lowest BCUT2D eigenvalue weighted by Crippen LogP contribution is -2.08. The van der Waals surface area contributed by atoms with Crippen LogP contribution in [0.4, 0.5) is 0 Å². The molecule has 0 aliphatic rings. The molecule has 0 radical (unpaired) electrons. The number of rotatable bonds is 4. The highest BCUT2D eigenvalue weighted by atomic mass is 16.5. The van der Waals surface area contributed by atoms with Gasteiger partial charge in [0, 0.05) is 6.54 Å². The van der Waals surface area contributed by atoms with Gasteiger partial charge < -0.3 is 4.74 Å². The third-order valence-corrected chi connectivity index (χ3v) is 4.23. The number of hydrogen-bond acceptors (Lipinski definition) is 6. The first-order valence-electron chi connectivity index (χ1n) is 8.38. The van der Waals surface area contributed by atoms with Gasteiger partial charge in [0.25, 0.3) is 0 Å². The minimum atomic E-state index is -0.424. The Balaban J connectivity index is 1.54. The van der Waals surface area contributed by atoms with E-state index in [2.05, 4.69) is 20.3 Å². The number of carbonyl (C=O) groups excluding carboxylic acids is 1. The van der Waals surface area contributed by atoms with Gasteiger partial charge in [-0.2, -0.15) is 0 Å². The smallest absolute Gasteiger partial charge is 0.338 e. The number of ether oxygens (including phenoxy) is 1. The molecule has 2 aromatic heterocycles. The molecule has 4 aromatic rings. The Bertz CT molecular complexity index is 1120. The third kappa shape index (κ3) is 2.88. The van der Waals surface area contributed by atoms with Crippen LogP contribution in [0.3, 0.4) is 0 Å². The van der Waals surface area contributed by atoms with Crippen molar-refractivity contribution in [1.29, 1.82) is 0 Å². The second kappa shape index (κ2) is 6.51. The van der Waals surface area contributed by atoms with Crippen LogP contribution in [0.1, 0.15) is 28.7 Å². The fraction of sp³-hybridized carbons (Fsp3) is 0.211. The van der Waals surface area contributed by atoms with Crippen LogP contribution in [0.2, 0.25) is 0 Å². The zero-order valence-corrected chi connectivity index (χ0v) is 14.5. The molecule has 4 rings (SSSR count). The molecule has 0 amide bonds. The van der Waals surface area contributed by atoms with E-state index in [0.29, 0.717) is 16.8 Å². The Morgan fingerprint density at radius 3 is 2.62 bits per heavy atom. The lowest BCUT2D eigenvalue weighted by atomic mass is 10.2. The predicted molar refractivity (Wildman–Crippen MR) is 96.6 cm³/mol. The molecule has 0 bridgehead atoms. The van der Waals surface area contributed by atoms with Crippen molar-refractivity contribution >= 4 is 28.0 Å². The maximum atomic E-state index is 12.4. The van der Waals surface area contributed by atoms with E-state index in [1.807, 2.05) is 44.2 Å². The van der Waals surface area contributed by atoms with Gasteiger partial charge in [-0.25, -0.2) is 19.4 Å². The summed E-state index contributed by atoms with van der Waals surface area (Å²) in [6.07, 6.45) is 0. The Kier molecular flexibility index (Phi) is 4.04. The summed E-state index contributed by atoms with van der Waals surface area (Å²) < 4.78 is 7.21. The summed E-state index contributed by atoms with van der Waals surface area (Å²) >= 11 is 0. The fourth-order valence-electron chi connectivity index (χ4n) is 2.81. The number of nitrogens with zero attached hydrogens (tertiary/aromatic N) is 5. The molecular weight excluding hydrogens is 330 g/mol. The second-order valence-corrected chi connectivity index (χ2v) is 5.93. The quantitative estimate of drug-likeness (QED) is 0.528.